The minimum atomic E-state index is 0.693. The van der Waals surface area contributed by atoms with Crippen LogP contribution in [-0.4, -0.2) is 36.9 Å². The van der Waals surface area contributed by atoms with Crippen molar-refractivity contribution in [3.8, 4) is 5.69 Å². The molecule has 1 fully saturated rings. The fourth-order valence-corrected chi connectivity index (χ4v) is 6.15. The highest BCUT2D eigenvalue weighted by Gasteiger charge is 2.27. The number of aryl methyl sites for hydroxylation is 3. The molecule has 0 bridgehead atoms. The molecular formula is C29H30ClN5. The maximum absolute atomic E-state index is 6.80. The minimum absolute atomic E-state index is 0.693. The number of pyridine rings is 1. The van der Waals surface area contributed by atoms with Crippen molar-refractivity contribution < 1.29 is 0 Å². The van der Waals surface area contributed by atoms with Crippen molar-refractivity contribution in [3.05, 3.63) is 93.9 Å². The molecule has 35 heavy (non-hydrogen) atoms. The van der Waals surface area contributed by atoms with Gasteiger partial charge >= 0.3 is 0 Å². The second-order valence-electron chi connectivity index (χ2n) is 9.95. The molecule has 6 rings (SSSR count). The van der Waals surface area contributed by atoms with Gasteiger partial charge in [0.25, 0.3) is 0 Å². The maximum Gasteiger partial charge on any atom is 0.221 e. The molecule has 6 heteroatoms. The van der Waals surface area contributed by atoms with Crippen LogP contribution in [0.4, 0.5) is 0 Å². The molecule has 1 saturated heterocycles. The van der Waals surface area contributed by atoms with Gasteiger partial charge in [-0.2, -0.15) is 0 Å². The molecule has 1 aliphatic rings. The van der Waals surface area contributed by atoms with Crippen LogP contribution in [0.25, 0.3) is 22.6 Å². The molecule has 0 N–H and O–H groups in total. The number of hydrogen-bond donors (Lipinski definition) is 0. The summed E-state index contributed by atoms with van der Waals surface area (Å²) in [6.45, 7) is 9.41. The molecule has 1 unspecified atom stereocenters. The molecule has 0 aliphatic carbocycles. The van der Waals surface area contributed by atoms with E-state index >= 15 is 0 Å². The zero-order valence-corrected chi connectivity index (χ0v) is 21.3. The number of halogens is 1. The van der Waals surface area contributed by atoms with Crippen LogP contribution in [-0.2, 0) is 13.0 Å². The van der Waals surface area contributed by atoms with Crippen LogP contribution in [0.2, 0.25) is 5.02 Å². The number of aromatic nitrogens is 4. The summed E-state index contributed by atoms with van der Waals surface area (Å²) in [6.07, 6.45) is 4.22. The molecule has 2 aromatic carbocycles. The van der Waals surface area contributed by atoms with Gasteiger partial charge in [0.2, 0.25) is 5.78 Å². The smallest absolute Gasteiger partial charge is 0.221 e. The lowest BCUT2D eigenvalue weighted by atomic mass is 9.99. The molecule has 0 saturated carbocycles. The van der Waals surface area contributed by atoms with Gasteiger partial charge < -0.3 is 0 Å². The summed E-state index contributed by atoms with van der Waals surface area (Å²) in [5.74, 6) is 1.57. The molecule has 1 atom stereocenters. The van der Waals surface area contributed by atoms with E-state index < -0.39 is 0 Å². The van der Waals surface area contributed by atoms with Crippen LogP contribution < -0.4 is 0 Å². The lowest BCUT2D eigenvalue weighted by Crippen LogP contribution is -2.22. The standard InChI is InChI=1S/C29H30ClN5/c1-19-14-20(2)27(24(30)15-19)35-28-25(10-7-12-31-28)34-26(21(3)32-29(34)35)18-33-13-11-23(17-33)16-22-8-5-4-6-9-22/h4-10,12,14-15,23H,11,13,16-18H2,1-3H3. The number of benzene rings is 2. The third kappa shape index (κ3) is 3.93. The van der Waals surface area contributed by atoms with Crippen molar-refractivity contribution in [3.63, 3.8) is 0 Å². The second kappa shape index (κ2) is 8.81. The Kier molecular flexibility index (Phi) is 5.62. The molecule has 0 radical (unpaired) electrons. The molecule has 0 amide bonds. The maximum atomic E-state index is 6.80. The van der Waals surface area contributed by atoms with E-state index in [9.17, 15) is 0 Å². The largest absolute Gasteiger partial charge is 0.297 e. The number of fused-ring (bicyclic) bond motifs is 3. The van der Waals surface area contributed by atoms with Crippen LogP contribution in [0, 0.1) is 26.7 Å². The van der Waals surface area contributed by atoms with E-state index in [1.807, 2.05) is 18.3 Å². The molecule has 4 heterocycles. The zero-order valence-electron chi connectivity index (χ0n) is 20.5. The van der Waals surface area contributed by atoms with Gasteiger partial charge in [-0.3, -0.25) is 13.9 Å². The minimum Gasteiger partial charge on any atom is -0.297 e. The Balaban J connectivity index is 1.39. The number of rotatable bonds is 5. The summed E-state index contributed by atoms with van der Waals surface area (Å²) >= 11 is 6.80. The highest BCUT2D eigenvalue weighted by molar-refractivity contribution is 6.32. The van der Waals surface area contributed by atoms with Gasteiger partial charge in [0.05, 0.1) is 27.6 Å². The van der Waals surface area contributed by atoms with Gasteiger partial charge in [0, 0.05) is 19.3 Å². The third-order valence-corrected chi connectivity index (χ3v) is 7.59. The Morgan fingerprint density at radius 2 is 1.86 bits per heavy atom. The van der Waals surface area contributed by atoms with Crippen LogP contribution in [0.3, 0.4) is 0 Å². The first-order valence-electron chi connectivity index (χ1n) is 12.4. The van der Waals surface area contributed by atoms with Gasteiger partial charge in [0.15, 0.2) is 5.65 Å². The molecule has 5 nitrogen and oxygen atoms in total. The Morgan fingerprint density at radius 3 is 2.66 bits per heavy atom. The average Bonchev–Trinajstić information content (AvgIpc) is 3.49. The summed E-state index contributed by atoms with van der Waals surface area (Å²) in [4.78, 5) is 12.4. The van der Waals surface area contributed by atoms with E-state index in [2.05, 4.69) is 77.1 Å². The van der Waals surface area contributed by atoms with Gasteiger partial charge in [-0.05, 0) is 81.0 Å². The first-order chi connectivity index (χ1) is 17.0. The summed E-state index contributed by atoms with van der Waals surface area (Å²) in [6, 6.07) is 19.2. The van der Waals surface area contributed by atoms with E-state index in [1.54, 1.807) is 0 Å². The van der Waals surface area contributed by atoms with Gasteiger partial charge in [-0.15, -0.1) is 0 Å². The zero-order chi connectivity index (χ0) is 24.1. The Hall–Kier alpha value is -3.15. The topological polar surface area (TPSA) is 38.4 Å². The summed E-state index contributed by atoms with van der Waals surface area (Å²) < 4.78 is 4.42. The van der Waals surface area contributed by atoms with E-state index in [0.717, 1.165) is 70.5 Å². The fraction of sp³-hybridized carbons (Fsp3) is 0.310. The van der Waals surface area contributed by atoms with E-state index in [0.29, 0.717) is 5.92 Å². The summed E-state index contributed by atoms with van der Waals surface area (Å²) in [7, 11) is 0. The van der Waals surface area contributed by atoms with Gasteiger partial charge in [0.1, 0.15) is 0 Å². The summed E-state index contributed by atoms with van der Waals surface area (Å²) in [5, 5.41) is 0.720. The third-order valence-electron chi connectivity index (χ3n) is 7.31. The number of imidazole rings is 2. The van der Waals surface area contributed by atoms with E-state index in [-0.39, 0.29) is 0 Å². The number of likely N-dealkylation sites (tertiary alicyclic amines) is 1. The fourth-order valence-electron chi connectivity index (χ4n) is 5.74. The second-order valence-corrected chi connectivity index (χ2v) is 10.4. The highest BCUT2D eigenvalue weighted by atomic mass is 35.5. The SMILES string of the molecule is Cc1cc(C)c(-n2c3ncccc3n3c(CN4CCC(Cc5ccccc5)C4)c(C)nc23)c(Cl)c1. The van der Waals surface area contributed by atoms with Crippen LogP contribution >= 0.6 is 11.6 Å². The molecule has 5 aromatic rings. The molecular weight excluding hydrogens is 454 g/mol. The first-order valence-corrected chi connectivity index (χ1v) is 12.7. The molecule has 3 aromatic heterocycles. The summed E-state index contributed by atoms with van der Waals surface area (Å²) in [5.41, 5.74) is 8.90. The predicted molar refractivity (Wildman–Crippen MR) is 143 cm³/mol. The van der Waals surface area contributed by atoms with Crippen molar-refractivity contribution in [1.82, 2.24) is 23.8 Å². The van der Waals surface area contributed by atoms with Gasteiger partial charge in [-0.25, -0.2) is 9.97 Å². The van der Waals surface area contributed by atoms with Crippen molar-refractivity contribution in [2.24, 2.45) is 5.92 Å². The average molecular weight is 484 g/mol. The highest BCUT2D eigenvalue weighted by Crippen LogP contribution is 2.33. The van der Waals surface area contributed by atoms with E-state index in [1.165, 1.54) is 17.7 Å². The molecule has 0 spiro atoms. The number of nitrogens with zero attached hydrogens (tertiary/aromatic N) is 5. The van der Waals surface area contributed by atoms with Gasteiger partial charge in [-0.1, -0.05) is 48.0 Å². The molecule has 178 valence electrons. The Morgan fingerprint density at radius 1 is 1.03 bits per heavy atom. The number of hydrogen-bond acceptors (Lipinski definition) is 3. The van der Waals surface area contributed by atoms with Crippen molar-refractivity contribution in [1.29, 1.82) is 0 Å². The van der Waals surface area contributed by atoms with Crippen LogP contribution in [0.1, 0.15) is 34.5 Å². The Bertz CT molecular complexity index is 1510. The van der Waals surface area contributed by atoms with Crippen LogP contribution in [0.5, 0.6) is 0 Å². The van der Waals surface area contributed by atoms with E-state index in [4.69, 9.17) is 21.6 Å². The van der Waals surface area contributed by atoms with Crippen molar-refractivity contribution in [2.45, 2.75) is 40.2 Å². The lowest BCUT2D eigenvalue weighted by molar-refractivity contribution is 0.311. The van der Waals surface area contributed by atoms with Crippen molar-refractivity contribution in [2.75, 3.05) is 13.1 Å². The quantitative estimate of drug-likeness (QED) is 0.294. The first kappa shape index (κ1) is 22.3. The lowest BCUT2D eigenvalue weighted by Gasteiger charge is -2.16. The molecule has 1 aliphatic heterocycles. The Labute approximate surface area is 211 Å². The normalized spacial score (nSPS) is 16.6. The van der Waals surface area contributed by atoms with Crippen LogP contribution in [0.15, 0.2) is 60.8 Å². The van der Waals surface area contributed by atoms with Crippen molar-refractivity contribution >= 4 is 28.5 Å². The monoisotopic (exact) mass is 483 g/mol. The predicted octanol–water partition coefficient (Wildman–Crippen LogP) is 6.32.